The summed E-state index contributed by atoms with van der Waals surface area (Å²) in [5.41, 5.74) is 6.73. The number of benzene rings is 3. The molecule has 0 aromatic heterocycles. The van der Waals surface area contributed by atoms with Gasteiger partial charge < -0.3 is 31.1 Å². The molecule has 8 atom stereocenters. The summed E-state index contributed by atoms with van der Waals surface area (Å²) in [5, 5.41) is 31.9. The predicted molar refractivity (Wildman–Crippen MR) is 210 cm³/mol. The maximum atomic E-state index is 14.5. The van der Waals surface area contributed by atoms with Crippen LogP contribution in [0.5, 0.6) is 0 Å². The van der Waals surface area contributed by atoms with E-state index in [0.29, 0.717) is 43.0 Å². The average Bonchev–Trinajstić information content (AvgIpc) is 3.50. The number of hydrogen-bond donors (Lipinski definition) is 5. The van der Waals surface area contributed by atoms with Crippen LogP contribution in [0.2, 0.25) is 0 Å². The summed E-state index contributed by atoms with van der Waals surface area (Å²) in [6.07, 6.45) is 0.804. The molecule has 11 nitrogen and oxygen atoms in total. The van der Waals surface area contributed by atoms with Crippen LogP contribution in [0.1, 0.15) is 77.9 Å². The second kappa shape index (κ2) is 15.8. The van der Waals surface area contributed by atoms with Crippen molar-refractivity contribution < 1.29 is 29.4 Å². The third-order valence-electron chi connectivity index (χ3n) is 12.8. The highest BCUT2D eigenvalue weighted by Gasteiger charge is 2.57. The summed E-state index contributed by atoms with van der Waals surface area (Å²) in [6.45, 7) is 11.9. The monoisotopic (exact) mass is 739 g/mol. The van der Waals surface area contributed by atoms with Crippen LogP contribution < -0.4 is 20.9 Å². The molecule has 0 radical (unpaired) electrons. The first kappa shape index (κ1) is 39.4. The van der Waals surface area contributed by atoms with E-state index in [2.05, 4.69) is 49.7 Å². The predicted octanol–water partition coefficient (Wildman–Crippen LogP) is 5.24. The van der Waals surface area contributed by atoms with Crippen LogP contribution in [0.3, 0.4) is 0 Å². The Morgan fingerprint density at radius 3 is 2.37 bits per heavy atom. The first-order valence-electron chi connectivity index (χ1n) is 19.2. The van der Waals surface area contributed by atoms with Gasteiger partial charge in [-0.15, -0.1) is 0 Å². The zero-order valence-corrected chi connectivity index (χ0v) is 32.8. The van der Waals surface area contributed by atoms with Gasteiger partial charge in [-0.05, 0) is 108 Å². The SMILES string of the molecule is CNC(=O)c1cc(-c2cccc(CN3O[C@@H](CNCc4ccc(C(=O)O)cc4)[C@@H]([C@H](C)O)[C@H]3C(=O)N[C@H]3C[C@H]4C[C@@H]([C@@H]3C)C4(C)C)c2C)cc(N(C)C)c1. The third kappa shape index (κ3) is 7.77. The lowest BCUT2D eigenvalue weighted by molar-refractivity contribution is -0.176. The van der Waals surface area contributed by atoms with Gasteiger partial charge in [0, 0.05) is 57.4 Å². The Bertz CT molecular complexity index is 1860. The lowest BCUT2D eigenvalue weighted by atomic mass is 9.45. The fourth-order valence-electron chi connectivity index (χ4n) is 9.26. The number of carboxylic acid groups (broad SMARTS) is 1. The van der Waals surface area contributed by atoms with E-state index in [1.807, 2.05) is 49.3 Å². The number of aliphatic hydroxyl groups excluding tert-OH is 1. The van der Waals surface area contributed by atoms with E-state index in [1.165, 1.54) is 6.42 Å². The minimum Gasteiger partial charge on any atom is -0.478 e. The molecule has 2 bridgehead atoms. The summed E-state index contributed by atoms with van der Waals surface area (Å²) in [5.74, 6) is -0.309. The van der Waals surface area contributed by atoms with E-state index in [1.54, 1.807) is 43.3 Å². The number of fused-ring (bicyclic) bond motifs is 2. The zero-order chi connectivity index (χ0) is 39.1. The first-order valence-corrected chi connectivity index (χ1v) is 19.2. The van der Waals surface area contributed by atoms with Gasteiger partial charge in [0.25, 0.3) is 5.91 Å². The van der Waals surface area contributed by atoms with E-state index in [-0.39, 0.29) is 28.8 Å². The fourth-order valence-corrected chi connectivity index (χ4v) is 9.26. The van der Waals surface area contributed by atoms with Gasteiger partial charge >= 0.3 is 5.97 Å². The molecule has 11 heteroatoms. The molecule has 3 aromatic carbocycles. The summed E-state index contributed by atoms with van der Waals surface area (Å²) >= 11 is 0. The number of carbonyl (C=O) groups excluding carboxylic acids is 2. The molecular formula is C43H57N5O6. The minimum absolute atomic E-state index is 0.0558. The molecule has 0 spiro atoms. The van der Waals surface area contributed by atoms with Gasteiger partial charge in [-0.1, -0.05) is 51.1 Å². The van der Waals surface area contributed by atoms with Crippen molar-refractivity contribution >= 4 is 23.5 Å². The number of hydroxylamine groups is 2. The Morgan fingerprint density at radius 1 is 1.04 bits per heavy atom. The number of nitrogens with zero attached hydrogens (tertiary/aromatic N) is 2. The molecule has 290 valence electrons. The molecule has 5 N–H and O–H groups in total. The largest absolute Gasteiger partial charge is 0.478 e. The molecule has 3 aliphatic carbocycles. The van der Waals surface area contributed by atoms with Crippen molar-refractivity contribution in [3.05, 3.63) is 88.5 Å². The highest BCUT2D eigenvalue weighted by molar-refractivity contribution is 5.97. The van der Waals surface area contributed by atoms with Crippen molar-refractivity contribution in [1.82, 2.24) is 21.0 Å². The number of anilines is 1. The minimum atomic E-state index is -0.974. The van der Waals surface area contributed by atoms with E-state index in [4.69, 9.17) is 4.84 Å². The maximum absolute atomic E-state index is 14.5. The van der Waals surface area contributed by atoms with Crippen LogP contribution in [0.25, 0.3) is 11.1 Å². The van der Waals surface area contributed by atoms with Gasteiger partial charge in [-0.3, -0.25) is 14.4 Å². The van der Waals surface area contributed by atoms with Gasteiger partial charge in [-0.2, -0.15) is 5.06 Å². The van der Waals surface area contributed by atoms with Crippen LogP contribution in [-0.2, 0) is 22.7 Å². The van der Waals surface area contributed by atoms with Gasteiger partial charge in [0.1, 0.15) is 6.04 Å². The van der Waals surface area contributed by atoms with Crippen molar-refractivity contribution in [2.24, 2.45) is 29.1 Å². The van der Waals surface area contributed by atoms with Crippen LogP contribution >= 0.6 is 0 Å². The quantitative estimate of drug-likeness (QED) is 0.159. The summed E-state index contributed by atoms with van der Waals surface area (Å²) in [6, 6.07) is 17.9. The van der Waals surface area contributed by atoms with E-state index in [0.717, 1.165) is 39.9 Å². The van der Waals surface area contributed by atoms with E-state index < -0.39 is 30.1 Å². The fraction of sp³-hybridized carbons (Fsp3) is 0.512. The van der Waals surface area contributed by atoms with Crippen LogP contribution in [0.4, 0.5) is 5.69 Å². The molecule has 0 unspecified atom stereocenters. The average molecular weight is 740 g/mol. The highest BCUT2D eigenvalue weighted by Crippen LogP contribution is 2.61. The van der Waals surface area contributed by atoms with Crippen LogP contribution in [-0.4, -0.2) is 85.0 Å². The maximum Gasteiger partial charge on any atom is 0.335 e. The van der Waals surface area contributed by atoms with Gasteiger partial charge in [-0.25, -0.2) is 4.79 Å². The number of rotatable bonds is 13. The molecule has 54 heavy (non-hydrogen) atoms. The molecule has 1 aliphatic heterocycles. The second-order valence-corrected chi connectivity index (χ2v) is 16.5. The highest BCUT2D eigenvalue weighted by atomic mass is 16.7. The number of amides is 2. The molecule has 4 aliphatic rings. The molecule has 1 heterocycles. The number of nitrogens with one attached hydrogen (secondary N) is 3. The number of hydrogen-bond acceptors (Lipinski definition) is 8. The van der Waals surface area contributed by atoms with Crippen molar-refractivity contribution in [3.63, 3.8) is 0 Å². The number of carboxylic acids is 1. The molecule has 1 saturated heterocycles. The van der Waals surface area contributed by atoms with Gasteiger partial charge in [0.15, 0.2) is 0 Å². The smallest absolute Gasteiger partial charge is 0.335 e. The summed E-state index contributed by atoms with van der Waals surface area (Å²) < 4.78 is 0. The molecule has 2 amide bonds. The Kier molecular flexibility index (Phi) is 11.5. The topological polar surface area (TPSA) is 143 Å². The zero-order valence-electron chi connectivity index (χ0n) is 32.8. The van der Waals surface area contributed by atoms with Crippen LogP contribution in [0, 0.1) is 36.0 Å². The van der Waals surface area contributed by atoms with E-state index in [9.17, 15) is 24.6 Å². The Balaban J connectivity index is 1.28. The van der Waals surface area contributed by atoms with Gasteiger partial charge in [0.2, 0.25) is 5.91 Å². The molecular weight excluding hydrogens is 683 g/mol. The summed E-state index contributed by atoms with van der Waals surface area (Å²) in [4.78, 5) is 47.2. The molecule has 3 aromatic rings. The Morgan fingerprint density at radius 2 is 1.76 bits per heavy atom. The number of aromatic carboxylic acids is 1. The third-order valence-corrected chi connectivity index (χ3v) is 12.8. The Labute approximate surface area is 319 Å². The van der Waals surface area contributed by atoms with Crippen molar-refractivity contribution in [2.75, 3.05) is 32.6 Å². The number of aliphatic hydroxyl groups is 1. The van der Waals surface area contributed by atoms with Crippen molar-refractivity contribution in [2.45, 2.75) is 84.8 Å². The second-order valence-electron chi connectivity index (χ2n) is 16.5. The standard InChI is InChI=1S/C43H57N5O6/c1-24-29(10-9-11-34(24)30-16-31(40(50)44-6)18-33(17-30)47(7)8)23-48-39(41(51)46-36-20-32-19-35(25(36)2)43(32,4)5)38(26(3)49)37(54-48)22-45-21-27-12-14-28(15-13-27)42(52)53/h9-18,25-26,32,35-39,45,49H,19-23H2,1-8H3,(H,44,50)(H,46,51)(H,52,53)/t25-,26-,32+,35-,36-,37-,38+,39-/m0/s1. The van der Waals surface area contributed by atoms with Crippen LogP contribution in [0.15, 0.2) is 60.7 Å². The molecule has 4 fully saturated rings. The lowest BCUT2D eigenvalue weighted by Gasteiger charge is -2.62. The van der Waals surface area contributed by atoms with Crippen molar-refractivity contribution in [3.8, 4) is 11.1 Å². The van der Waals surface area contributed by atoms with Crippen molar-refractivity contribution in [1.29, 1.82) is 0 Å². The first-order chi connectivity index (χ1) is 25.6. The molecule has 7 rings (SSSR count). The van der Waals surface area contributed by atoms with E-state index >= 15 is 0 Å². The van der Waals surface area contributed by atoms with Gasteiger partial charge in [0.05, 0.1) is 24.3 Å². The lowest BCUT2D eigenvalue weighted by Crippen LogP contribution is -2.62. The normalized spacial score (nSPS) is 26.4. The molecule has 3 saturated carbocycles. The Hall–Kier alpha value is -4.29. The number of carbonyl (C=O) groups is 3. The summed E-state index contributed by atoms with van der Waals surface area (Å²) in [7, 11) is 5.52.